The zero-order valence-electron chi connectivity index (χ0n) is 30.7. The monoisotopic (exact) mass is 765 g/mol. The third-order valence-electron chi connectivity index (χ3n) is 9.69. The van der Waals surface area contributed by atoms with Gasteiger partial charge in [-0.2, -0.15) is 13.2 Å². The topological polar surface area (TPSA) is 173 Å². The molecule has 0 spiro atoms. The maximum atomic E-state index is 13.1. The second-order valence-electron chi connectivity index (χ2n) is 13.9. The molecule has 1 saturated heterocycles. The number of rotatable bonds is 15. The molecular weight excluding hydrogens is 719 g/mol. The maximum Gasteiger partial charge on any atom is 0.490 e. The first kappa shape index (κ1) is 40.9. The van der Waals surface area contributed by atoms with Gasteiger partial charge in [0.05, 0.1) is 11.6 Å². The molecule has 294 valence electrons. The zero-order chi connectivity index (χ0) is 39.7. The molecule has 1 aliphatic rings. The van der Waals surface area contributed by atoms with Gasteiger partial charge in [-0.05, 0) is 85.2 Å². The van der Waals surface area contributed by atoms with Crippen LogP contribution in [-0.4, -0.2) is 82.4 Å². The summed E-state index contributed by atoms with van der Waals surface area (Å²) in [5.41, 5.74) is 4.61. The molecule has 2 heterocycles. The average Bonchev–Trinajstić information content (AvgIpc) is 3.15. The van der Waals surface area contributed by atoms with E-state index in [1.165, 1.54) is 12.1 Å². The fraction of sp³-hybridized carbons (Fsp3) is 0.400. The lowest BCUT2D eigenvalue weighted by atomic mass is 10.0. The lowest BCUT2D eigenvalue weighted by Crippen LogP contribution is -2.41. The lowest BCUT2D eigenvalue weighted by molar-refractivity contribution is -0.206. The summed E-state index contributed by atoms with van der Waals surface area (Å²) in [5, 5.41) is 30.8. The molecule has 1 aromatic heterocycles. The van der Waals surface area contributed by atoms with E-state index in [1.807, 2.05) is 49.1 Å². The molecule has 0 saturated carbocycles. The number of esters is 1. The minimum Gasteiger partial charge on any atom is -0.506 e. The molecule has 12 nitrogen and oxygen atoms in total. The molecule has 5 rings (SSSR count). The number of aryl methyl sites for hydroxylation is 1. The number of phenolic OH excluding ortho intramolecular Hbond substituents is 1. The Labute approximate surface area is 316 Å². The van der Waals surface area contributed by atoms with E-state index in [-0.39, 0.29) is 67.0 Å². The number of piperidine rings is 1. The lowest BCUT2D eigenvalue weighted by Gasteiger charge is -2.31. The zero-order valence-corrected chi connectivity index (χ0v) is 30.7. The van der Waals surface area contributed by atoms with Crippen LogP contribution in [0.2, 0.25) is 0 Å². The van der Waals surface area contributed by atoms with Gasteiger partial charge in [-0.15, -0.1) is 0 Å². The number of nitrogens with zero attached hydrogens (tertiary/aromatic N) is 1. The molecule has 1 aliphatic heterocycles. The van der Waals surface area contributed by atoms with E-state index in [4.69, 9.17) is 0 Å². The number of H-pyrrole nitrogens is 1. The van der Waals surface area contributed by atoms with Gasteiger partial charge in [0.25, 0.3) is 5.91 Å². The first-order valence-corrected chi connectivity index (χ1v) is 18.1. The molecule has 15 heteroatoms. The Balaban J connectivity index is 1.04. The van der Waals surface area contributed by atoms with Crippen molar-refractivity contribution in [2.45, 2.75) is 77.0 Å². The Morgan fingerprint density at radius 1 is 0.982 bits per heavy atom. The predicted octanol–water partition coefficient (Wildman–Crippen LogP) is 4.30. The van der Waals surface area contributed by atoms with Gasteiger partial charge in [-0.25, -0.2) is 4.79 Å². The molecule has 2 atom stereocenters. The highest BCUT2D eigenvalue weighted by molar-refractivity contribution is 5.94. The number of aliphatic hydroxyl groups excluding tert-OH is 1. The number of benzene rings is 3. The highest BCUT2D eigenvalue weighted by Crippen LogP contribution is 2.29. The summed E-state index contributed by atoms with van der Waals surface area (Å²) < 4.78 is 41.9. The number of aromatic hydroxyl groups is 1. The summed E-state index contributed by atoms with van der Waals surface area (Å²) >= 11 is 0. The molecule has 6 N–H and O–H groups in total. The van der Waals surface area contributed by atoms with Crippen molar-refractivity contribution >= 4 is 28.7 Å². The van der Waals surface area contributed by atoms with Crippen LogP contribution >= 0.6 is 0 Å². The second-order valence-corrected chi connectivity index (χ2v) is 13.9. The van der Waals surface area contributed by atoms with Gasteiger partial charge in [-0.1, -0.05) is 36.4 Å². The number of pyridine rings is 1. The van der Waals surface area contributed by atoms with Gasteiger partial charge < -0.3 is 40.8 Å². The van der Waals surface area contributed by atoms with Gasteiger partial charge >= 0.3 is 12.1 Å². The van der Waals surface area contributed by atoms with Gasteiger partial charge in [-0.3, -0.25) is 14.4 Å². The van der Waals surface area contributed by atoms with Gasteiger partial charge in [0, 0.05) is 68.7 Å². The number of aliphatic hydroxyl groups is 1. The molecule has 0 bridgehead atoms. The molecule has 3 aromatic carbocycles. The molecule has 0 radical (unpaired) electrons. The minimum atomic E-state index is -5.02. The Morgan fingerprint density at radius 3 is 2.47 bits per heavy atom. The van der Waals surface area contributed by atoms with Crippen LogP contribution in [-0.2, 0) is 33.8 Å². The molecule has 1 unspecified atom stereocenters. The first-order valence-electron chi connectivity index (χ1n) is 18.1. The van der Waals surface area contributed by atoms with Crippen LogP contribution in [0.3, 0.4) is 0 Å². The Hall–Kier alpha value is -5.25. The van der Waals surface area contributed by atoms with E-state index < -0.39 is 24.4 Å². The largest absolute Gasteiger partial charge is 0.506 e. The van der Waals surface area contributed by atoms with Gasteiger partial charge in [0.1, 0.15) is 11.9 Å². The summed E-state index contributed by atoms with van der Waals surface area (Å²) in [4.78, 5) is 53.1. The van der Waals surface area contributed by atoms with Crippen LogP contribution in [0.1, 0.15) is 70.5 Å². The Morgan fingerprint density at radius 2 is 1.73 bits per heavy atom. The second kappa shape index (κ2) is 18.4. The van der Waals surface area contributed by atoms with Crippen LogP contribution in [0, 0.1) is 6.92 Å². The molecule has 2 amide bonds. The Bertz CT molecular complexity index is 2050. The van der Waals surface area contributed by atoms with Gasteiger partial charge in [0.15, 0.2) is 0 Å². The van der Waals surface area contributed by atoms with Crippen molar-refractivity contribution < 1.29 is 42.5 Å². The number of alkyl halides is 3. The number of hydrogen-bond acceptors (Lipinski definition) is 9. The predicted molar refractivity (Wildman–Crippen MR) is 199 cm³/mol. The van der Waals surface area contributed by atoms with Crippen molar-refractivity contribution in [3.8, 4) is 5.75 Å². The summed E-state index contributed by atoms with van der Waals surface area (Å²) in [7, 11) is 0. The SMILES string of the molecule is Cc1ccc(C(=O)NCc2cccc(CC(C)NC[C@H](O)c3ccc(O)c4[nH]c(=O)ccc34)c2)cc1CNC(=O)CCN1CCC(OC(=O)C(F)(F)F)CC1. The Kier molecular flexibility index (Phi) is 13.7. The first-order chi connectivity index (χ1) is 26.2. The number of halogens is 3. The number of phenols is 1. The number of ether oxygens (including phenoxy) is 1. The fourth-order valence-corrected chi connectivity index (χ4v) is 6.56. The van der Waals surface area contributed by atoms with E-state index in [1.54, 1.807) is 24.3 Å². The number of hydrogen-bond donors (Lipinski definition) is 6. The third kappa shape index (κ3) is 11.6. The van der Waals surface area contributed by atoms with E-state index in [0.29, 0.717) is 49.1 Å². The number of likely N-dealkylation sites (tertiary alicyclic amines) is 1. The van der Waals surface area contributed by atoms with Crippen LogP contribution in [0.25, 0.3) is 10.9 Å². The number of aromatic amines is 1. The summed E-state index contributed by atoms with van der Waals surface area (Å²) in [5.74, 6) is -2.72. The third-order valence-corrected chi connectivity index (χ3v) is 9.69. The number of carbonyl (C=O) groups excluding carboxylic acids is 3. The van der Waals surface area contributed by atoms with Crippen molar-refractivity contribution in [2.75, 3.05) is 26.2 Å². The van der Waals surface area contributed by atoms with Crippen LogP contribution < -0.4 is 21.5 Å². The average molecular weight is 766 g/mol. The molecule has 55 heavy (non-hydrogen) atoms. The van der Waals surface area contributed by atoms with Crippen LogP contribution in [0.5, 0.6) is 5.75 Å². The summed E-state index contributed by atoms with van der Waals surface area (Å²) in [6.07, 6.45) is -5.32. The van der Waals surface area contributed by atoms with Crippen molar-refractivity contribution in [1.29, 1.82) is 0 Å². The standard InChI is InChI=1S/C40H46F3N5O7/c1-24-6-7-28(20-29(24)22-45-35(51)14-17-48-15-12-30(13-16-48)55-39(54)40(41,42)43)38(53)46-21-27-5-3-4-26(19-27)18-25(2)44-23-34(50)31-8-10-33(49)37-32(31)9-11-36(52)47-37/h3-11,19-20,25,30,34,44,49-50H,12-18,21-23H2,1-2H3,(H,45,51)(H,46,53)(H,47,52)/t25?,34-/m0/s1. The smallest absolute Gasteiger partial charge is 0.490 e. The number of amides is 2. The number of fused-ring (bicyclic) bond motifs is 1. The van der Waals surface area contributed by atoms with Gasteiger partial charge in [0.2, 0.25) is 11.5 Å². The van der Waals surface area contributed by atoms with Crippen LogP contribution in [0.15, 0.2) is 71.5 Å². The quantitative estimate of drug-likeness (QED) is 0.0966. The van der Waals surface area contributed by atoms with Crippen molar-refractivity contribution in [1.82, 2.24) is 25.8 Å². The molecular formula is C40H46F3N5O7. The normalized spacial score (nSPS) is 15.0. The maximum absolute atomic E-state index is 13.1. The van der Waals surface area contributed by atoms with E-state index in [2.05, 4.69) is 25.7 Å². The fourth-order valence-electron chi connectivity index (χ4n) is 6.56. The van der Waals surface area contributed by atoms with E-state index in [9.17, 15) is 42.6 Å². The van der Waals surface area contributed by atoms with E-state index in [0.717, 1.165) is 22.3 Å². The van der Waals surface area contributed by atoms with E-state index >= 15 is 0 Å². The van der Waals surface area contributed by atoms with Crippen LogP contribution in [0.4, 0.5) is 13.2 Å². The highest BCUT2D eigenvalue weighted by atomic mass is 19.4. The molecule has 1 fully saturated rings. The summed E-state index contributed by atoms with van der Waals surface area (Å²) in [6.45, 7) is 5.90. The molecule has 4 aromatic rings. The van der Waals surface area contributed by atoms with Crippen molar-refractivity contribution in [3.05, 3.63) is 110 Å². The highest BCUT2D eigenvalue weighted by Gasteiger charge is 2.42. The minimum absolute atomic E-state index is 0.00517. The molecule has 0 aliphatic carbocycles. The van der Waals surface area contributed by atoms with Crippen molar-refractivity contribution in [2.24, 2.45) is 0 Å². The number of nitrogens with one attached hydrogen (secondary N) is 4. The summed E-state index contributed by atoms with van der Waals surface area (Å²) in [6, 6.07) is 19.2. The number of aromatic nitrogens is 1. The van der Waals surface area contributed by atoms with Crippen molar-refractivity contribution in [3.63, 3.8) is 0 Å². The number of carbonyl (C=O) groups is 3.